The molecule has 0 amide bonds. The summed E-state index contributed by atoms with van der Waals surface area (Å²) >= 11 is 0. The van der Waals surface area contributed by atoms with E-state index < -0.39 is 5.97 Å². The number of hydrogen-bond donors (Lipinski definition) is 2. The van der Waals surface area contributed by atoms with Crippen LogP contribution in [-0.2, 0) is 0 Å². The van der Waals surface area contributed by atoms with Crippen molar-refractivity contribution < 1.29 is 9.90 Å². The number of nitrogens with zero attached hydrogens (tertiary/aromatic N) is 1. The minimum absolute atomic E-state index is 0. The summed E-state index contributed by atoms with van der Waals surface area (Å²) in [5.41, 5.74) is 1.48. The molecule has 62 valence electrons. The van der Waals surface area contributed by atoms with Crippen molar-refractivity contribution in [3.05, 3.63) is 30.1 Å². The third-order valence-corrected chi connectivity index (χ3v) is 1.68. The summed E-state index contributed by atoms with van der Waals surface area (Å²) in [7, 11) is 0. The molecule has 2 rings (SSSR count). The minimum atomic E-state index is -0.951. The number of benzene rings is 1. The van der Waals surface area contributed by atoms with Crippen molar-refractivity contribution in [2.24, 2.45) is 0 Å². The summed E-state index contributed by atoms with van der Waals surface area (Å²) < 4.78 is 0. The normalized spacial score (nSPS) is 8.86. The van der Waals surface area contributed by atoms with Crippen LogP contribution in [0.25, 0.3) is 11.0 Å². The van der Waals surface area contributed by atoms with Crippen LogP contribution in [-0.4, -0.2) is 80.2 Å². The van der Waals surface area contributed by atoms with E-state index in [1.54, 1.807) is 12.1 Å². The van der Waals surface area contributed by atoms with Crippen molar-refractivity contribution in [3.63, 3.8) is 0 Å². The fourth-order valence-electron chi connectivity index (χ4n) is 1.14. The predicted molar refractivity (Wildman–Crippen MR) is 54.6 cm³/mol. The van der Waals surface area contributed by atoms with Gasteiger partial charge < -0.3 is 10.1 Å². The van der Waals surface area contributed by atoms with Crippen LogP contribution in [0.15, 0.2) is 24.5 Å². The molecule has 4 nitrogen and oxygen atoms in total. The molecular formula is C8H6N2Na2O2. The number of nitrogens with one attached hydrogen (secondary N) is 1. The number of rotatable bonds is 1. The Morgan fingerprint density at radius 2 is 2.07 bits per heavy atom. The van der Waals surface area contributed by atoms with Crippen molar-refractivity contribution in [2.75, 3.05) is 0 Å². The van der Waals surface area contributed by atoms with E-state index in [0.717, 1.165) is 5.52 Å². The van der Waals surface area contributed by atoms with Crippen LogP contribution in [0.2, 0.25) is 0 Å². The van der Waals surface area contributed by atoms with E-state index in [0.29, 0.717) is 5.52 Å². The number of carboxylic acids is 1. The van der Waals surface area contributed by atoms with Gasteiger partial charge in [-0.15, -0.1) is 0 Å². The molecule has 0 aliphatic heterocycles. The molecule has 0 saturated heterocycles. The smallest absolute Gasteiger partial charge is 0.337 e. The molecule has 1 aromatic heterocycles. The zero-order chi connectivity index (χ0) is 8.55. The Bertz CT molecular complexity index is 442. The summed E-state index contributed by atoms with van der Waals surface area (Å²) in [4.78, 5) is 17.4. The maximum Gasteiger partial charge on any atom is 0.337 e. The number of hydrogen-bond acceptors (Lipinski definition) is 2. The quantitative estimate of drug-likeness (QED) is 0.670. The van der Waals surface area contributed by atoms with E-state index >= 15 is 0 Å². The third-order valence-electron chi connectivity index (χ3n) is 1.68. The molecule has 0 unspecified atom stereocenters. The summed E-state index contributed by atoms with van der Waals surface area (Å²) in [6, 6.07) is 5.00. The molecule has 1 aromatic carbocycles. The van der Waals surface area contributed by atoms with Gasteiger partial charge in [0.05, 0.1) is 17.4 Å². The molecule has 0 saturated carbocycles. The first kappa shape index (κ1) is 14.2. The number of imidazole rings is 1. The summed E-state index contributed by atoms with van der Waals surface area (Å²) in [6.07, 6.45) is 1.48. The Balaban J connectivity index is 0.000000845. The Labute approximate surface area is 125 Å². The second kappa shape index (κ2) is 5.90. The molecule has 2 radical (unpaired) electrons. The van der Waals surface area contributed by atoms with Gasteiger partial charge in [0.2, 0.25) is 0 Å². The molecule has 0 spiro atoms. The standard InChI is InChI=1S/C8H6N2O2.2Na/c11-8(12)5-2-1-3-6-7(5)10-4-9-6;;/h1-4H,(H,9,10)(H,11,12);;. The number of carboxylic acid groups (broad SMARTS) is 1. The van der Waals surface area contributed by atoms with Gasteiger partial charge in [-0.05, 0) is 12.1 Å². The zero-order valence-electron chi connectivity index (χ0n) is 8.11. The largest absolute Gasteiger partial charge is 0.478 e. The van der Waals surface area contributed by atoms with E-state index in [1.807, 2.05) is 0 Å². The number of aromatic carboxylic acids is 1. The van der Waals surface area contributed by atoms with E-state index in [4.69, 9.17) is 5.11 Å². The fourth-order valence-corrected chi connectivity index (χ4v) is 1.14. The van der Waals surface area contributed by atoms with Crippen LogP contribution >= 0.6 is 0 Å². The van der Waals surface area contributed by atoms with Crippen LogP contribution < -0.4 is 0 Å². The Morgan fingerprint density at radius 1 is 1.36 bits per heavy atom. The van der Waals surface area contributed by atoms with Gasteiger partial charge >= 0.3 is 5.97 Å². The average Bonchev–Trinajstić information content (AvgIpc) is 2.49. The Morgan fingerprint density at radius 3 is 2.71 bits per heavy atom. The van der Waals surface area contributed by atoms with Gasteiger partial charge in [-0.25, -0.2) is 9.78 Å². The van der Waals surface area contributed by atoms with Gasteiger partial charge in [-0.1, -0.05) is 6.07 Å². The van der Waals surface area contributed by atoms with Crippen LogP contribution in [0.3, 0.4) is 0 Å². The molecule has 0 fully saturated rings. The predicted octanol–water partition coefficient (Wildman–Crippen LogP) is 0.499. The number of H-pyrrole nitrogens is 1. The third kappa shape index (κ3) is 2.59. The van der Waals surface area contributed by atoms with Gasteiger partial charge in [-0.3, -0.25) is 0 Å². The van der Waals surface area contributed by atoms with Gasteiger partial charge in [0.15, 0.2) is 0 Å². The van der Waals surface area contributed by atoms with Gasteiger partial charge in [-0.2, -0.15) is 0 Å². The first-order valence-corrected chi connectivity index (χ1v) is 3.44. The van der Waals surface area contributed by atoms with Crippen molar-refractivity contribution in [1.82, 2.24) is 9.97 Å². The first-order valence-electron chi connectivity index (χ1n) is 3.44. The van der Waals surface area contributed by atoms with E-state index in [2.05, 4.69) is 9.97 Å². The van der Waals surface area contributed by atoms with Crippen molar-refractivity contribution in [3.8, 4) is 0 Å². The van der Waals surface area contributed by atoms with Gasteiger partial charge in [0, 0.05) is 59.1 Å². The topological polar surface area (TPSA) is 66.0 Å². The number of aromatic nitrogens is 2. The Hall–Kier alpha value is 0.160. The van der Waals surface area contributed by atoms with E-state index in [1.165, 1.54) is 12.4 Å². The molecule has 0 aliphatic rings. The molecule has 0 bridgehead atoms. The molecule has 1 heterocycles. The molecule has 0 atom stereocenters. The first-order chi connectivity index (χ1) is 5.79. The summed E-state index contributed by atoms with van der Waals surface area (Å²) in [5.74, 6) is -0.951. The number of aromatic amines is 1. The molecule has 2 aromatic rings. The number of carbonyl (C=O) groups is 1. The second-order valence-corrected chi connectivity index (χ2v) is 2.41. The SMILES string of the molecule is O=C(O)c1cccc2[nH]cnc12.[Na].[Na]. The van der Waals surface area contributed by atoms with Crippen LogP contribution in [0.5, 0.6) is 0 Å². The zero-order valence-corrected chi connectivity index (χ0v) is 12.1. The minimum Gasteiger partial charge on any atom is -0.478 e. The average molecular weight is 208 g/mol. The number of para-hydroxylation sites is 1. The Kier molecular flexibility index (Phi) is 5.97. The van der Waals surface area contributed by atoms with Gasteiger partial charge in [0.25, 0.3) is 0 Å². The maximum atomic E-state index is 10.7. The van der Waals surface area contributed by atoms with Gasteiger partial charge in [0.1, 0.15) is 5.52 Å². The van der Waals surface area contributed by atoms with E-state index in [9.17, 15) is 4.79 Å². The summed E-state index contributed by atoms with van der Waals surface area (Å²) in [6.45, 7) is 0. The van der Waals surface area contributed by atoms with Crippen molar-refractivity contribution in [2.45, 2.75) is 0 Å². The summed E-state index contributed by atoms with van der Waals surface area (Å²) in [5, 5.41) is 8.75. The molecule has 2 N–H and O–H groups in total. The maximum absolute atomic E-state index is 10.7. The monoisotopic (exact) mass is 208 g/mol. The molecule has 6 heteroatoms. The van der Waals surface area contributed by atoms with Crippen molar-refractivity contribution in [1.29, 1.82) is 0 Å². The van der Waals surface area contributed by atoms with E-state index in [-0.39, 0.29) is 64.7 Å². The molecule has 14 heavy (non-hydrogen) atoms. The number of fused-ring (bicyclic) bond motifs is 1. The van der Waals surface area contributed by atoms with Crippen molar-refractivity contribution >= 4 is 76.1 Å². The second-order valence-electron chi connectivity index (χ2n) is 2.41. The van der Waals surface area contributed by atoms with Crippen LogP contribution in [0, 0.1) is 0 Å². The van der Waals surface area contributed by atoms with Crippen LogP contribution in [0.4, 0.5) is 0 Å². The molecular weight excluding hydrogens is 202 g/mol. The van der Waals surface area contributed by atoms with Crippen LogP contribution in [0.1, 0.15) is 10.4 Å². The fraction of sp³-hybridized carbons (Fsp3) is 0. The molecule has 0 aliphatic carbocycles.